The molecule has 16 heavy (non-hydrogen) atoms. The molecule has 1 aromatic carbocycles. The third kappa shape index (κ3) is 2.61. The number of aryl methyl sites for hydroxylation is 1. The summed E-state index contributed by atoms with van der Waals surface area (Å²) < 4.78 is 0. The second kappa shape index (κ2) is 5.12. The van der Waals surface area contributed by atoms with Gasteiger partial charge in [-0.15, -0.1) is 0 Å². The molecule has 1 amide bonds. The van der Waals surface area contributed by atoms with Gasteiger partial charge in [0.1, 0.15) is 0 Å². The molecule has 0 saturated heterocycles. The first-order valence-corrected chi connectivity index (χ1v) is 5.54. The van der Waals surface area contributed by atoms with E-state index in [0.717, 1.165) is 11.3 Å². The standard InChI is InChI=1S/C13H20N2O/c1-9(2)12(14)13(16)15(4)11-8-6-5-7-10(11)3/h5-9,12H,14H2,1-4H3/t12-/m0/s1. The molecule has 3 nitrogen and oxygen atoms in total. The number of benzene rings is 1. The van der Waals surface area contributed by atoms with Gasteiger partial charge in [0.2, 0.25) is 5.91 Å². The number of nitrogens with zero attached hydrogens (tertiary/aromatic N) is 1. The topological polar surface area (TPSA) is 46.3 Å². The molecule has 0 radical (unpaired) electrons. The van der Waals surface area contributed by atoms with Gasteiger partial charge in [0.05, 0.1) is 6.04 Å². The van der Waals surface area contributed by atoms with Crippen molar-refractivity contribution >= 4 is 11.6 Å². The van der Waals surface area contributed by atoms with Gasteiger partial charge >= 0.3 is 0 Å². The summed E-state index contributed by atoms with van der Waals surface area (Å²) in [5.74, 6) is 0.114. The molecule has 3 heteroatoms. The number of hydrogen-bond acceptors (Lipinski definition) is 2. The third-order valence-corrected chi connectivity index (χ3v) is 2.81. The third-order valence-electron chi connectivity index (χ3n) is 2.81. The number of anilines is 1. The fraction of sp³-hybridized carbons (Fsp3) is 0.462. The summed E-state index contributed by atoms with van der Waals surface area (Å²) in [6, 6.07) is 7.36. The molecular formula is C13H20N2O. The van der Waals surface area contributed by atoms with E-state index in [0.29, 0.717) is 0 Å². The molecule has 0 aromatic heterocycles. The van der Waals surface area contributed by atoms with Crippen LogP contribution in [0.3, 0.4) is 0 Å². The van der Waals surface area contributed by atoms with Crippen molar-refractivity contribution in [1.82, 2.24) is 0 Å². The Labute approximate surface area is 97.2 Å². The van der Waals surface area contributed by atoms with Crippen molar-refractivity contribution in [3.05, 3.63) is 29.8 Å². The minimum atomic E-state index is -0.440. The van der Waals surface area contributed by atoms with Gasteiger partial charge in [-0.05, 0) is 24.5 Å². The molecule has 1 aromatic rings. The van der Waals surface area contributed by atoms with E-state index in [1.54, 1.807) is 11.9 Å². The molecule has 0 aliphatic rings. The lowest BCUT2D eigenvalue weighted by atomic mass is 10.0. The second-order valence-corrected chi connectivity index (χ2v) is 4.45. The summed E-state index contributed by atoms with van der Waals surface area (Å²) in [5.41, 5.74) is 7.86. The van der Waals surface area contributed by atoms with Crippen LogP contribution in [0.1, 0.15) is 19.4 Å². The summed E-state index contributed by atoms with van der Waals surface area (Å²) in [7, 11) is 1.77. The zero-order valence-corrected chi connectivity index (χ0v) is 10.4. The van der Waals surface area contributed by atoms with Gasteiger partial charge in [0, 0.05) is 12.7 Å². The van der Waals surface area contributed by atoms with Crippen molar-refractivity contribution in [3.8, 4) is 0 Å². The molecule has 0 bridgehead atoms. The number of amides is 1. The zero-order valence-electron chi connectivity index (χ0n) is 10.4. The average Bonchev–Trinajstić information content (AvgIpc) is 2.26. The summed E-state index contributed by atoms with van der Waals surface area (Å²) in [5, 5.41) is 0. The van der Waals surface area contributed by atoms with Gasteiger partial charge in [-0.2, -0.15) is 0 Å². The molecule has 88 valence electrons. The number of carbonyl (C=O) groups is 1. The summed E-state index contributed by atoms with van der Waals surface area (Å²) in [6.45, 7) is 5.89. The summed E-state index contributed by atoms with van der Waals surface area (Å²) in [6.07, 6.45) is 0. The predicted octanol–water partition coefficient (Wildman–Crippen LogP) is 1.94. The lowest BCUT2D eigenvalue weighted by Gasteiger charge is -2.24. The Bertz CT molecular complexity index is 374. The van der Waals surface area contributed by atoms with Crippen LogP contribution in [0.25, 0.3) is 0 Å². The highest BCUT2D eigenvalue weighted by Gasteiger charge is 2.22. The molecule has 0 saturated carbocycles. The molecule has 0 fully saturated rings. The molecule has 2 N–H and O–H groups in total. The SMILES string of the molecule is Cc1ccccc1N(C)C(=O)[C@@H](N)C(C)C. The van der Waals surface area contributed by atoms with Crippen molar-refractivity contribution in [3.63, 3.8) is 0 Å². The average molecular weight is 220 g/mol. The van der Waals surface area contributed by atoms with Crippen LogP contribution in [0.4, 0.5) is 5.69 Å². The van der Waals surface area contributed by atoms with E-state index in [-0.39, 0.29) is 11.8 Å². The Morgan fingerprint density at radius 2 is 1.88 bits per heavy atom. The number of likely N-dealkylation sites (N-methyl/N-ethyl adjacent to an activating group) is 1. The number of nitrogens with two attached hydrogens (primary N) is 1. The first-order valence-electron chi connectivity index (χ1n) is 5.54. The number of carbonyl (C=O) groups excluding carboxylic acids is 1. The molecule has 0 aliphatic carbocycles. The Kier molecular flexibility index (Phi) is 4.07. The Hall–Kier alpha value is -1.35. The van der Waals surface area contributed by atoms with E-state index in [1.165, 1.54) is 0 Å². The van der Waals surface area contributed by atoms with E-state index < -0.39 is 6.04 Å². The maximum atomic E-state index is 12.0. The van der Waals surface area contributed by atoms with E-state index in [9.17, 15) is 4.79 Å². The Morgan fingerprint density at radius 1 is 1.31 bits per heavy atom. The van der Waals surface area contributed by atoms with Crippen LogP contribution in [-0.2, 0) is 4.79 Å². The van der Waals surface area contributed by atoms with Gasteiger partial charge in [-0.25, -0.2) is 0 Å². The van der Waals surface area contributed by atoms with Gasteiger partial charge in [-0.3, -0.25) is 4.79 Å². The first-order chi connectivity index (χ1) is 7.45. The first kappa shape index (κ1) is 12.7. The number of rotatable bonds is 3. The van der Waals surface area contributed by atoms with Crippen LogP contribution in [0.2, 0.25) is 0 Å². The Balaban J connectivity index is 2.91. The smallest absolute Gasteiger partial charge is 0.243 e. The van der Waals surface area contributed by atoms with E-state index in [4.69, 9.17) is 5.73 Å². The molecule has 0 spiro atoms. The highest BCUT2D eigenvalue weighted by atomic mass is 16.2. The van der Waals surface area contributed by atoms with Gasteiger partial charge in [0.25, 0.3) is 0 Å². The van der Waals surface area contributed by atoms with Crippen LogP contribution >= 0.6 is 0 Å². The monoisotopic (exact) mass is 220 g/mol. The van der Waals surface area contributed by atoms with Crippen molar-refractivity contribution in [2.24, 2.45) is 11.7 Å². The maximum Gasteiger partial charge on any atom is 0.243 e. The highest BCUT2D eigenvalue weighted by molar-refractivity contribution is 5.97. The van der Waals surface area contributed by atoms with Crippen LogP contribution < -0.4 is 10.6 Å². The fourth-order valence-corrected chi connectivity index (χ4v) is 1.57. The van der Waals surface area contributed by atoms with E-state index in [1.807, 2.05) is 45.0 Å². The quantitative estimate of drug-likeness (QED) is 0.846. The van der Waals surface area contributed by atoms with Gasteiger partial charge < -0.3 is 10.6 Å². The molecule has 0 unspecified atom stereocenters. The summed E-state index contributed by atoms with van der Waals surface area (Å²) in [4.78, 5) is 13.7. The minimum Gasteiger partial charge on any atom is -0.320 e. The number of para-hydroxylation sites is 1. The van der Waals surface area contributed by atoms with Crippen molar-refractivity contribution in [2.45, 2.75) is 26.8 Å². The maximum absolute atomic E-state index is 12.0. The van der Waals surface area contributed by atoms with Gasteiger partial charge in [0.15, 0.2) is 0 Å². The highest BCUT2D eigenvalue weighted by Crippen LogP contribution is 2.19. The van der Waals surface area contributed by atoms with Crippen molar-refractivity contribution in [2.75, 3.05) is 11.9 Å². The second-order valence-electron chi connectivity index (χ2n) is 4.45. The normalized spacial score (nSPS) is 12.6. The Morgan fingerprint density at radius 3 is 2.38 bits per heavy atom. The zero-order chi connectivity index (χ0) is 12.3. The van der Waals surface area contributed by atoms with Crippen LogP contribution in [0, 0.1) is 12.8 Å². The molecule has 0 heterocycles. The van der Waals surface area contributed by atoms with E-state index >= 15 is 0 Å². The van der Waals surface area contributed by atoms with Crippen LogP contribution in [0.5, 0.6) is 0 Å². The van der Waals surface area contributed by atoms with Crippen molar-refractivity contribution in [1.29, 1.82) is 0 Å². The molecule has 0 aliphatic heterocycles. The molecular weight excluding hydrogens is 200 g/mol. The largest absolute Gasteiger partial charge is 0.320 e. The molecule has 1 rings (SSSR count). The van der Waals surface area contributed by atoms with Crippen molar-refractivity contribution < 1.29 is 4.79 Å². The van der Waals surface area contributed by atoms with E-state index in [2.05, 4.69) is 0 Å². The van der Waals surface area contributed by atoms with Crippen LogP contribution in [0.15, 0.2) is 24.3 Å². The van der Waals surface area contributed by atoms with Gasteiger partial charge in [-0.1, -0.05) is 32.0 Å². The fourth-order valence-electron chi connectivity index (χ4n) is 1.57. The number of hydrogen-bond donors (Lipinski definition) is 1. The molecule has 1 atom stereocenters. The lowest BCUT2D eigenvalue weighted by molar-refractivity contribution is -0.120. The van der Waals surface area contributed by atoms with Crippen LogP contribution in [-0.4, -0.2) is 19.0 Å². The predicted molar refractivity (Wildman–Crippen MR) is 67.4 cm³/mol. The summed E-state index contributed by atoms with van der Waals surface area (Å²) >= 11 is 0. The minimum absolute atomic E-state index is 0.0377. The lowest BCUT2D eigenvalue weighted by Crippen LogP contribution is -2.45.